The van der Waals surface area contributed by atoms with E-state index in [9.17, 15) is 19.6 Å². The number of nitriles is 1. The molecule has 0 aliphatic carbocycles. The highest BCUT2D eigenvalue weighted by atomic mass is 35.5. The number of rotatable bonds is 7. The Morgan fingerprint density at radius 1 is 1.09 bits per heavy atom. The quantitative estimate of drug-likeness (QED) is 0.270. The van der Waals surface area contributed by atoms with Crippen LogP contribution in [0, 0.1) is 18.3 Å². The van der Waals surface area contributed by atoms with E-state index in [1.165, 1.54) is 7.11 Å². The van der Waals surface area contributed by atoms with Crippen molar-refractivity contribution in [3.63, 3.8) is 0 Å². The minimum atomic E-state index is -0.630. The van der Waals surface area contributed by atoms with Gasteiger partial charge in [-0.25, -0.2) is 9.59 Å². The second-order valence-electron chi connectivity index (χ2n) is 11.4. The summed E-state index contributed by atoms with van der Waals surface area (Å²) in [7, 11) is 1.30. The van der Waals surface area contributed by atoms with Crippen molar-refractivity contribution in [3.8, 4) is 6.07 Å². The summed E-state index contributed by atoms with van der Waals surface area (Å²) < 4.78 is 12.0. The molecule has 0 unspecified atom stereocenters. The number of carbonyl (C=O) groups excluding carboxylic acids is 3. The van der Waals surface area contributed by atoms with Gasteiger partial charge in [-0.3, -0.25) is 4.79 Å². The lowest BCUT2D eigenvalue weighted by Crippen LogP contribution is -2.49. The SMILES string of the molecule is CC.COC(=O)c1ccc(NC(=O)c2c(C)c(C#N)c(N3CCC[C@@H](NC(=O)OC(C)(C)C)C3)n2Cc2ccccc2Cl)cc1. The molecule has 2 aromatic carbocycles. The average Bonchev–Trinajstić information content (AvgIpc) is 3.29. The second kappa shape index (κ2) is 15.5. The maximum absolute atomic E-state index is 13.9. The molecule has 0 saturated carbocycles. The van der Waals surface area contributed by atoms with Gasteiger partial charge >= 0.3 is 12.1 Å². The molecular formula is C34H42ClN5O5. The first-order valence-corrected chi connectivity index (χ1v) is 15.4. The monoisotopic (exact) mass is 635 g/mol. The van der Waals surface area contributed by atoms with Gasteiger partial charge in [-0.05, 0) is 82.0 Å². The van der Waals surface area contributed by atoms with Crippen LogP contribution in [0.4, 0.5) is 16.3 Å². The van der Waals surface area contributed by atoms with Gasteiger partial charge in [-0.2, -0.15) is 5.26 Å². The van der Waals surface area contributed by atoms with E-state index >= 15 is 0 Å². The Kier molecular flexibility index (Phi) is 12.0. The van der Waals surface area contributed by atoms with E-state index in [0.717, 1.165) is 18.4 Å². The van der Waals surface area contributed by atoms with Crippen molar-refractivity contribution in [2.45, 2.75) is 72.6 Å². The number of halogens is 1. The molecule has 0 bridgehead atoms. The highest BCUT2D eigenvalue weighted by molar-refractivity contribution is 6.31. The van der Waals surface area contributed by atoms with Crippen LogP contribution in [0.5, 0.6) is 0 Å². The Labute approximate surface area is 270 Å². The fraction of sp³-hybridized carbons (Fsp3) is 0.412. The largest absolute Gasteiger partial charge is 0.465 e. The highest BCUT2D eigenvalue weighted by Crippen LogP contribution is 2.34. The standard InChI is InChI=1S/C32H36ClN5O5.C2H6/c1-20-25(17-34)29(37-16-8-10-24(19-37)36-31(41)43-32(2,3)4)38(18-22-9-6-7-11-26(22)33)27(20)28(39)35-23-14-12-21(13-15-23)30(40)42-5;1-2/h6-7,9,11-15,24H,8,10,16,18-19H2,1-5H3,(H,35,39)(H,36,41);1-2H3/t24-;/m1./s1. The van der Waals surface area contributed by atoms with Gasteiger partial charge in [0.2, 0.25) is 0 Å². The molecule has 2 amide bonds. The third kappa shape index (κ3) is 8.79. The summed E-state index contributed by atoms with van der Waals surface area (Å²) in [6.45, 7) is 12.5. The highest BCUT2D eigenvalue weighted by Gasteiger charge is 2.32. The molecule has 1 atom stereocenters. The number of nitrogens with one attached hydrogen (secondary N) is 2. The molecular weight excluding hydrogens is 594 g/mol. The van der Waals surface area contributed by atoms with E-state index in [-0.39, 0.29) is 12.6 Å². The van der Waals surface area contributed by atoms with Crippen LogP contribution >= 0.6 is 11.6 Å². The lowest BCUT2D eigenvalue weighted by molar-refractivity contribution is 0.0498. The molecule has 0 radical (unpaired) electrons. The fourth-order valence-corrected chi connectivity index (χ4v) is 5.39. The van der Waals surface area contributed by atoms with Gasteiger partial charge in [-0.15, -0.1) is 0 Å². The van der Waals surface area contributed by atoms with Gasteiger partial charge in [0.05, 0.1) is 24.8 Å². The number of hydrogen-bond acceptors (Lipinski definition) is 7. The molecule has 0 spiro atoms. The molecule has 240 valence electrons. The average molecular weight is 636 g/mol. The first kappa shape index (κ1) is 35.0. The first-order valence-electron chi connectivity index (χ1n) is 15.0. The molecule has 3 aromatic rings. The number of ether oxygens (including phenoxy) is 2. The van der Waals surface area contributed by atoms with Crippen LogP contribution in [-0.4, -0.2) is 54.4 Å². The summed E-state index contributed by atoms with van der Waals surface area (Å²) in [5.74, 6) is -0.313. The van der Waals surface area contributed by atoms with Crippen LogP contribution < -0.4 is 15.5 Å². The van der Waals surface area contributed by atoms with Crippen LogP contribution in [0.2, 0.25) is 5.02 Å². The number of benzene rings is 2. The minimum Gasteiger partial charge on any atom is -0.465 e. The van der Waals surface area contributed by atoms with Crippen molar-refractivity contribution in [1.29, 1.82) is 5.26 Å². The second-order valence-corrected chi connectivity index (χ2v) is 11.8. The molecule has 1 aliphatic heterocycles. The first-order chi connectivity index (χ1) is 21.4. The maximum Gasteiger partial charge on any atom is 0.407 e. The predicted octanol–water partition coefficient (Wildman–Crippen LogP) is 6.93. The Morgan fingerprint density at radius 2 is 1.76 bits per heavy atom. The molecule has 1 aliphatic rings. The number of carbonyl (C=O) groups is 3. The van der Waals surface area contributed by atoms with Crippen molar-refractivity contribution < 1.29 is 23.9 Å². The molecule has 1 saturated heterocycles. The number of aromatic nitrogens is 1. The van der Waals surface area contributed by atoms with Gasteiger partial charge in [0.1, 0.15) is 23.2 Å². The summed E-state index contributed by atoms with van der Waals surface area (Å²) >= 11 is 6.55. The normalized spacial score (nSPS) is 14.4. The number of nitrogens with zero attached hydrogens (tertiary/aromatic N) is 3. The molecule has 4 rings (SSSR count). The van der Waals surface area contributed by atoms with E-state index in [1.54, 1.807) is 37.3 Å². The zero-order chi connectivity index (χ0) is 33.3. The Morgan fingerprint density at radius 3 is 2.36 bits per heavy atom. The van der Waals surface area contributed by atoms with Gasteiger partial charge in [-0.1, -0.05) is 43.6 Å². The van der Waals surface area contributed by atoms with E-state index in [2.05, 4.69) is 16.7 Å². The number of piperidine rings is 1. The number of alkyl carbamates (subject to hydrolysis) is 1. The van der Waals surface area contributed by atoms with Crippen molar-refractivity contribution in [2.24, 2.45) is 0 Å². The molecule has 45 heavy (non-hydrogen) atoms. The van der Waals surface area contributed by atoms with E-state index < -0.39 is 23.6 Å². The van der Waals surface area contributed by atoms with Gasteiger partial charge in [0, 0.05) is 29.8 Å². The molecule has 11 heteroatoms. The summed E-state index contributed by atoms with van der Waals surface area (Å²) in [6, 6.07) is 15.8. The van der Waals surface area contributed by atoms with Crippen molar-refractivity contribution in [3.05, 3.63) is 81.5 Å². The molecule has 2 N–H and O–H groups in total. The minimum absolute atomic E-state index is 0.218. The van der Waals surface area contributed by atoms with Crippen LogP contribution in [0.15, 0.2) is 48.5 Å². The van der Waals surface area contributed by atoms with E-state index in [4.69, 9.17) is 21.1 Å². The number of methoxy groups -OCH3 is 1. The van der Waals surface area contributed by atoms with Crippen LogP contribution in [-0.2, 0) is 16.0 Å². The predicted molar refractivity (Wildman–Crippen MR) is 176 cm³/mol. The number of hydrogen-bond donors (Lipinski definition) is 2. The summed E-state index contributed by atoms with van der Waals surface area (Å²) in [6.07, 6.45) is 1.01. The molecule has 2 heterocycles. The maximum atomic E-state index is 13.9. The van der Waals surface area contributed by atoms with Crippen LogP contribution in [0.1, 0.15) is 85.0 Å². The van der Waals surface area contributed by atoms with E-state index in [0.29, 0.717) is 52.0 Å². The number of amides is 2. The Hall–Kier alpha value is -4.49. The van der Waals surface area contributed by atoms with Crippen LogP contribution in [0.25, 0.3) is 0 Å². The third-order valence-corrected chi connectivity index (χ3v) is 7.47. The Bertz CT molecular complexity index is 1550. The van der Waals surface area contributed by atoms with Crippen molar-refractivity contribution in [2.75, 3.05) is 30.4 Å². The van der Waals surface area contributed by atoms with Crippen molar-refractivity contribution in [1.82, 2.24) is 9.88 Å². The lowest BCUT2D eigenvalue weighted by Gasteiger charge is -2.36. The number of anilines is 2. The third-order valence-electron chi connectivity index (χ3n) is 7.10. The number of esters is 1. The zero-order valence-corrected chi connectivity index (χ0v) is 27.7. The van der Waals surface area contributed by atoms with Gasteiger partial charge < -0.3 is 29.6 Å². The van der Waals surface area contributed by atoms with Crippen LogP contribution in [0.3, 0.4) is 0 Å². The zero-order valence-electron chi connectivity index (χ0n) is 27.0. The fourth-order valence-electron chi connectivity index (χ4n) is 5.20. The van der Waals surface area contributed by atoms with Crippen molar-refractivity contribution >= 4 is 41.1 Å². The lowest BCUT2D eigenvalue weighted by atomic mass is 10.0. The summed E-state index contributed by atoms with van der Waals surface area (Å²) in [5, 5.41) is 16.7. The molecule has 10 nitrogen and oxygen atoms in total. The Balaban J connectivity index is 0.00000271. The molecule has 1 fully saturated rings. The van der Waals surface area contributed by atoms with Gasteiger partial charge in [0.25, 0.3) is 5.91 Å². The smallest absolute Gasteiger partial charge is 0.407 e. The topological polar surface area (TPSA) is 126 Å². The van der Waals surface area contributed by atoms with E-state index in [1.807, 2.05) is 62.3 Å². The summed E-state index contributed by atoms with van der Waals surface area (Å²) in [4.78, 5) is 40.3. The molecule has 1 aromatic heterocycles. The summed E-state index contributed by atoms with van der Waals surface area (Å²) in [5.41, 5.74) is 2.18. The van der Waals surface area contributed by atoms with Gasteiger partial charge in [0.15, 0.2) is 0 Å².